The Bertz CT molecular complexity index is 940. The van der Waals surface area contributed by atoms with E-state index in [1.54, 1.807) is 6.07 Å². The molecule has 1 aromatic carbocycles. The Morgan fingerprint density at radius 3 is 2.71 bits per heavy atom. The van der Waals surface area contributed by atoms with Crippen LogP contribution in [0.3, 0.4) is 0 Å². The molecule has 2 aliphatic rings. The summed E-state index contributed by atoms with van der Waals surface area (Å²) >= 11 is 0. The Kier molecular flexibility index (Phi) is 5.86. The smallest absolute Gasteiger partial charge is 0.263 e. The van der Waals surface area contributed by atoms with Gasteiger partial charge in [-0.15, -0.1) is 0 Å². The third-order valence-electron chi connectivity index (χ3n) is 4.58. The number of azide groups is 1. The van der Waals surface area contributed by atoms with E-state index < -0.39 is 40.5 Å². The molecule has 0 saturated carbocycles. The van der Waals surface area contributed by atoms with E-state index in [2.05, 4.69) is 15.3 Å². The van der Waals surface area contributed by atoms with Crippen molar-refractivity contribution in [1.29, 1.82) is 0 Å². The largest absolute Gasteiger partial charge is 0.295 e. The minimum Gasteiger partial charge on any atom is -0.295 e. The Hall–Kier alpha value is -3.04. The number of nitrogens with zero attached hydrogens (tertiary/aromatic N) is 4. The number of nitrogens with one attached hydrogen (secondary N) is 1. The van der Waals surface area contributed by atoms with Crippen molar-refractivity contribution < 1.29 is 23.4 Å². The van der Waals surface area contributed by atoms with Crippen LogP contribution in [0.4, 0.5) is 0 Å². The number of amides is 4. The van der Waals surface area contributed by atoms with Gasteiger partial charge in [0.1, 0.15) is 6.04 Å². The molecular formula is C17H17N5O5S. The molecule has 0 aliphatic carbocycles. The van der Waals surface area contributed by atoms with Crippen molar-refractivity contribution in [2.75, 3.05) is 12.3 Å². The van der Waals surface area contributed by atoms with Crippen molar-refractivity contribution in [3.8, 4) is 0 Å². The number of carbonyl (C=O) groups is 4. The van der Waals surface area contributed by atoms with Crippen molar-refractivity contribution >= 4 is 34.4 Å². The van der Waals surface area contributed by atoms with Gasteiger partial charge in [0.25, 0.3) is 11.8 Å². The molecular weight excluding hydrogens is 386 g/mol. The summed E-state index contributed by atoms with van der Waals surface area (Å²) in [6.07, 6.45) is 1.18. The zero-order chi connectivity index (χ0) is 20.3. The molecule has 1 N–H and O–H groups in total. The lowest BCUT2D eigenvalue weighted by atomic mass is 10.0. The molecule has 2 heterocycles. The van der Waals surface area contributed by atoms with Crippen LogP contribution in [0, 0.1) is 0 Å². The van der Waals surface area contributed by atoms with Crippen molar-refractivity contribution in [2.45, 2.75) is 36.6 Å². The highest BCUT2D eigenvalue weighted by molar-refractivity contribution is 7.85. The van der Waals surface area contributed by atoms with Crippen LogP contribution < -0.4 is 5.32 Å². The van der Waals surface area contributed by atoms with Gasteiger partial charge in [-0.1, -0.05) is 11.2 Å². The number of hydrogen-bond acceptors (Lipinski definition) is 6. The standard InChI is InChI=1S/C17H17N5O5S/c18-21-19-8-1-2-9-28(27)12-5-3-4-10-14(12)17(26)22(16(10)25)11-6-7-13(23)20-15(11)24/h3-5,11H,1-2,6-9H2,(H,20,23,24). The van der Waals surface area contributed by atoms with Gasteiger partial charge in [-0.2, -0.15) is 0 Å². The van der Waals surface area contributed by atoms with Gasteiger partial charge >= 0.3 is 0 Å². The summed E-state index contributed by atoms with van der Waals surface area (Å²) in [5, 5.41) is 5.55. The molecule has 0 spiro atoms. The molecule has 146 valence electrons. The Morgan fingerprint density at radius 1 is 1.21 bits per heavy atom. The third-order valence-corrected chi connectivity index (χ3v) is 6.07. The molecule has 2 unspecified atom stereocenters. The van der Waals surface area contributed by atoms with Crippen LogP contribution >= 0.6 is 0 Å². The lowest BCUT2D eigenvalue weighted by Gasteiger charge is -2.27. The molecule has 0 aromatic heterocycles. The summed E-state index contributed by atoms with van der Waals surface area (Å²) < 4.78 is 12.7. The van der Waals surface area contributed by atoms with Gasteiger partial charge in [-0.25, -0.2) is 0 Å². The minimum atomic E-state index is -1.53. The molecule has 0 radical (unpaired) electrons. The van der Waals surface area contributed by atoms with E-state index in [4.69, 9.17) is 5.53 Å². The van der Waals surface area contributed by atoms with Crippen molar-refractivity contribution in [3.05, 3.63) is 39.8 Å². The normalized spacial score (nSPS) is 19.9. The first-order valence-corrected chi connectivity index (χ1v) is 10.0. The summed E-state index contributed by atoms with van der Waals surface area (Å²) in [5.41, 5.74) is 8.41. The van der Waals surface area contributed by atoms with Gasteiger partial charge in [-0.05, 0) is 36.9 Å². The molecule has 3 rings (SSSR count). The fourth-order valence-electron chi connectivity index (χ4n) is 3.24. The quantitative estimate of drug-likeness (QED) is 0.239. The number of fused-ring (bicyclic) bond motifs is 1. The minimum absolute atomic E-state index is 0.0355. The maximum atomic E-state index is 12.9. The molecule has 1 aromatic rings. The zero-order valence-electron chi connectivity index (χ0n) is 14.8. The molecule has 4 amide bonds. The lowest BCUT2D eigenvalue weighted by Crippen LogP contribution is -2.54. The second-order valence-electron chi connectivity index (χ2n) is 6.34. The van der Waals surface area contributed by atoms with Gasteiger partial charge < -0.3 is 0 Å². The van der Waals surface area contributed by atoms with E-state index in [0.29, 0.717) is 19.4 Å². The van der Waals surface area contributed by atoms with Crippen LogP contribution in [0.15, 0.2) is 28.2 Å². The number of piperidine rings is 1. The van der Waals surface area contributed by atoms with Gasteiger partial charge in [0.05, 0.1) is 26.8 Å². The highest BCUT2D eigenvalue weighted by Crippen LogP contribution is 2.31. The van der Waals surface area contributed by atoms with Crippen molar-refractivity contribution in [2.24, 2.45) is 5.11 Å². The molecule has 1 fully saturated rings. The fraction of sp³-hybridized carbons (Fsp3) is 0.412. The fourth-order valence-corrected chi connectivity index (χ4v) is 4.59. The second kappa shape index (κ2) is 8.32. The number of carbonyl (C=O) groups excluding carboxylic acids is 4. The highest BCUT2D eigenvalue weighted by atomic mass is 32.2. The molecule has 28 heavy (non-hydrogen) atoms. The van der Waals surface area contributed by atoms with Crippen LogP contribution in [-0.4, -0.2) is 51.1 Å². The summed E-state index contributed by atoms with van der Waals surface area (Å²) in [4.78, 5) is 52.9. The number of rotatable bonds is 7. The molecule has 1 saturated heterocycles. The van der Waals surface area contributed by atoms with Crippen LogP contribution in [0.25, 0.3) is 10.4 Å². The Morgan fingerprint density at radius 2 is 2.00 bits per heavy atom. The van der Waals surface area contributed by atoms with Gasteiger partial charge in [0.15, 0.2) is 0 Å². The zero-order valence-corrected chi connectivity index (χ0v) is 15.6. The van der Waals surface area contributed by atoms with E-state index in [1.165, 1.54) is 12.1 Å². The molecule has 2 atom stereocenters. The predicted molar refractivity (Wildman–Crippen MR) is 97.6 cm³/mol. The maximum Gasteiger partial charge on any atom is 0.263 e. The molecule has 0 bridgehead atoms. The van der Waals surface area contributed by atoms with E-state index in [-0.39, 0.29) is 34.6 Å². The van der Waals surface area contributed by atoms with E-state index >= 15 is 0 Å². The first-order valence-electron chi connectivity index (χ1n) is 8.69. The van der Waals surface area contributed by atoms with Crippen LogP contribution in [-0.2, 0) is 20.4 Å². The summed E-state index contributed by atoms with van der Waals surface area (Å²) in [7, 11) is -1.53. The first kappa shape index (κ1) is 19.7. The van der Waals surface area contributed by atoms with E-state index in [1.807, 2.05) is 0 Å². The average molecular weight is 403 g/mol. The Labute approximate surface area is 162 Å². The third kappa shape index (κ3) is 3.67. The monoisotopic (exact) mass is 403 g/mol. The number of hydrogen-bond donors (Lipinski definition) is 1. The summed E-state index contributed by atoms with van der Waals surface area (Å²) in [5.74, 6) is -2.19. The van der Waals surface area contributed by atoms with Gasteiger partial charge in [0.2, 0.25) is 11.8 Å². The molecule has 10 nitrogen and oxygen atoms in total. The summed E-state index contributed by atoms with van der Waals surface area (Å²) in [6.45, 7) is 0.293. The highest BCUT2D eigenvalue weighted by Gasteiger charge is 2.45. The van der Waals surface area contributed by atoms with Crippen LogP contribution in [0.1, 0.15) is 46.4 Å². The van der Waals surface area contributed by atoms with Crippen molar-refractivity contribution in [3.63, 3.8) is 0 Å². The van der Waals surface area contributed by atoms with E-state index in [0.717, 1.165) is 4.90 Å². The number of benzene rings is 1. The maximum absolute atomic E-state index is 12.9. The number of unbranched alkanes of at least 4 members (excludes halogenated alkanes) is 1. The van der Waals surface area contributed by atoms with Gasteiger partial charge in [0, 0.05) is 23.6 Å². The van der Waals surface area contributed by atoms with Crippen LogP contribution in [0.5, 0.6) is 0 Å². The SMILES string of the molecule is [N-]=[N+]=NCCCCS(=O)c1cccc2c1C(=O)N(C1CCC(=O)NC1=O)C2=O. The molecule has 2 aliphatic heterocycles. The van der Waals surface area contributed by atoms with E-state index in [9.17, 15) is 23.4 Å². The summed E-state index contributed by atoms with van der Waals surface area (Å²) in [6, 6.07) is 3.48. The second-order valence-corrected chi connectivity index (χ2v) is 7.88. The van der Waals surface area contributed by atoms with Crippen molar-refractivity contribution in [1.82, 2.24) is 10.2 Å². The van der Waals surface area contributed by atoms with Gasteiger partial charge in [-0.3, -0.25) is 33.6 Å². The van der Waals surface area contributed by atoms with Crippen LogP contribution in [0.2, 0.25) is 0 Å². The predicted octanol–water partition coefficient (Wildman–Crippen LogP) is 1.29. The molecule has 11 heteroatoms. The number of imide groups is 2. The topological polar surface area (TPSA) is 149 Å². The average Bonchev–Trinajstić information content (AvgIpc) is 2.93. The lowest BCUT2D eigenvalue weighted by molar-refractivity contribution is -0.136. The first-order chi connectivity index (χ1) is 13.5. The Balaban J connectivity index is 1.82.